The van der Waals surface area contributed by atoms with E-state index in [1.807, 2.05) is 0 Å². The molecule has 23 heavy (non-hydrogen) atoms. The summed E-state index contributed by atoms with van der Waals surface area (Å²) in [7, 11) is 1.41. The molecule has 1 aromatic carbocycles. The van der Waals surface area contributed by atoms with Crippen LogP contribution >= 0.6 is 11.6 Å². The summed E-state index contributed by atoms with van der Waals surface area (Å²) in [6, 6.07) is 2.99. The van der Waals surface area contributed by atoms with Gasteiger partial charge in [-0.05, 0) is 25.8 Å². The zero-order chi connectivity index (χ0) is 17.0. The van der Waals surface area contributed by atoms with Crippen molar-refractivity contribution in [2.75, 3.05) is 12.8 Å². The Hall–Kier alpha value is -1.95. The van der Waals surface area contributed by atoms with Crippen molar-refractivity contribution in [2.24, 2.45) is 0 Å². The number of hydrogen-bond donors (Lipinski definition) is 2. The zero-order valence-electron chi connectivity index (χ0n) is 13.2. The maximum Gasteiger partial charge on any atom is 0.342 e. The predicted octanol–water partition coefficient (Wildman–Crippen LogP) is 2.53. The third-order valence-electron chi connectivity index (χ3n) is 3.89. The Morgan fingerprint density at radius 2 is 2.00 bits per heavy atom. The highest BCUT2D eigenvalue weighted by molar-refractivity contribution is 6.33. The van der Waals surface area contributed by atoms with Crippen LogP contribution < -0.4 is 15.8 Å². The molecule has 126 valence electrons. The van der Waals surface area contributed by atoms with Crippen LogP contribution in [-0.2, 0) is 9.53 Å². The lowest BCUT2D eigenvalue weighted by atomic mass is 10.1. The van der Waals surface area contributed by atoms with Gasteiger partial charge in [0.1, 0.15) is 11.3 Å². The van der Waals surface area contributed by atoms with Crippen molar-refractivity contribution >= 4 is 29.2 Å². The molecular formula is C16H21ClN2O4. The topological polar surface area (TPSA) is 90.7 Å². The summed E-state index contributed by atoms with van der Waals surface area (Å²) >= 11 is 5.93. The molecule has 0 heterocycles. The number of rotatable bonds is 5. The zero-order valence-corrected chi connectivity index (χ0v) is 14.0. The van der Waals surface area contributed by atoms with Crippen LogP contribution in [0.2, 0.25) is 5.02 Å². The van der Waals surface area contributed by atoms with Crippen LogP contribution in [0.5, 0.6) is 5.75 Å². The lowest BCUT2D eigenvalue weighted by molar-refractivity contribution is -0.129. The molecule has 3 N–H and O–H groups in total. The van der Waals surface area contributed by atoms with Crippen LogP contribution in [0, 0.1) is 0 Å². The Balaban J connectivity index is 2.03. The smallest absolute Gasteiger partial charge is 0.342 e. The van der Waals surface area contributed by atoms with E-state index in [9.17, 15) is 9.59 Å². The molecule has 1 amide bonds. The maximum absolute atomic E-state index is 12.3. The number of nitrogens with two attached hydrogens (primary N) is 1. The molecule has 0 aliphatic heterocycles. The number of amides is 1. The van der Waals surface area contributed by atoms with Gasteiger partial charge in [-0.25, -0.2) is 4.79 Å². The number of benzene rings is 1. The van der Waals surface area contributed by atoms with Gasteiger partial charge in [-0.2, -0.15) is 0 Å². The van der Waals surface area contributed by atoms with Crippen molar-refractivity contribution < 1.29 is 19.1 Å². The van der Waals surface area contributed by atoms with Crippen molar-refractivity contribution in [3.8, 4) is 5.75 Å². The Bertz CT molecular complexity index is 600. The first-order valence-corrected chi connectivity index (χ1v) is 7.94. The first kappa shape index (κ1) is 17.4. The molecule has 0 saturated heterocycles. The van der Waals surface area contributed by atoms with Crippen molar-refractivity contribution in [3.05, 3.63) is 22.7 Å². The van der Waals surface area contributed by atoms with Gasteiger partial charge in [-0.3, -0.25) is 4.79 Å². The highest BCUT2D eigenvalue weighted by Gasteiger charge is 2.25. The average molecular weight is 341 g/mol. The summed E-state index contributed by atoms with van der Waals surface area (Å²) in [6.45, 7) is 1.54. The summed E-state index contributed by atoms with van der Waals surface area (Å²) in [6.07, 6.45) is 3.26. The first-order chi connectivity index (χ1) is 10.9. The third-order valence-corrected chi connectivity index (χ3v) is 4.22. The Labute approximate surface area is 140 Å². The van der Waals surface area contributed by atoms with Crippen molar-refractivity contribution in [3.63, 3.8) is 0 Å². The largest absolute Gasteiger partial charge is 0.496 e. The fourth-order valence-corrected chi connectivity index (χ4v) is 2.73. The molecule has 1 aromatic rings. The Kier molecular flexibility index (Phi) is 5.71. The minimum atomic E-state index is -0.899. The molecule has 0 bridgehead atoms. The molecule has 7 heteroatoms. The van der Waals surface area contributed by atoms with E-state index >= 15 is 0 Å². The van der Waals surface area contributed by atoms with Crippen LogP contribution in [0.25, 0.3) is 0 Å². The second-order valence-electron chi connectivity index (χ2n) is 5.61. The van der Waals surface area contributed by atoms with Crippen LogP contribution in [0.3, 0.4) is 0 Å². The number of nitrogens with one attached hydrogen (secondary N) is 1. The third kappa shape index (κ3) is 4.28. The first-order valence-electron chi connectivity index (χ1n) is 7.56. The second-order valence-corrected chi connectivity index (χ2v) is 6.02. The molecule has 1 aliphatic carbocycles. The van der Waals surface area contributed by atoms with E-state index in [2.05, 4.69) is 5.32 Å². The number of ether oxygens (including phenoxy) is 2. The lowest BCUT2D eigenvalue weighted by Crippen LogP contribution is -2.40. The molecule has 1 saturated carbocycles. The van der Waals surface area contributed by atoms with Gasteiger partial charge in [0, 0.05) is 12.1 Å². The average Bonchev–Trinajstić information content (AvgIpc) is 3.02. The predicted molar refractivity (Wildman–Crippen MR) is 87.7 cm³/mol. The van der Waals surface area contributed by atoms with Crippen molar-refractivity contribution in [1.82, 2.24) is 5.32 Å². The highest BCUT2D eigenvalue weighted by Crippen LogP contribution is 2.29. The fourth-order valence-electron chi connectivity index (χ4n) is 2.56. The van der Waals surface area contributed by atoms with Crippen LogP contribution in [0.15, 0.2) is 12.1 Å². The van der Waals surface area contributed by atoms with Gasteiger partial charge in [-0.1, -0.05) is 24.4 Å². The van der Waals surface area contributed by atoms with Gasteiger partial charge in [0.25, 0.3) is 5.91 Å². The molecule has 1 fully saturated rings. The summed E-state index contributed by atoms with van der Waals surface area (Å²) in [5.74, 6) is -0.733. The van der Waals surface area contributed by atoms with E-state index in [1.54, 1.807) is 0 Å². The van der Waals surface area contributed by atoms with Gasteiger partial charge in [0.15, 0.2) is 6.10 Å². The van der Waals surface area contributed by atoms with Gasteiger partial charge in [-0.15, -0.1) is 0 Å². The van der Waals surface area contributed by atoms with Crippen LogP contribution in [0.4, 0.5) is 5.69 Å². The maximum atomic E-state index is 12.3. The molecule has 0 aromatic heterocycles. The minimum Gasteiger partial charge on any atom is -0.496 e. The van der Waals surface area contributed by atoms with E-state index in [0.717, 1.165) is 25.7 Å². The summed E-state index contributed by atoms with van der Waals surface area (Å²) in [5.41, 5.74) is 6.11. The number of esters is 1. The number of methoxy groups -OCH3 is 1. The molecule has 1 atom stereocenters. The number of hydrogen-bond acceptors (Lipinski definition) is 5. The van der Waals surface area contributed by atoms with Crippen LogP contribution in [0.1, 0.15) is 43.0 Å². The summed E-state index contributed by atoms with van der Waals surface area (Å²) in [4.78, 5) is 24.3. The summed E-state index contributed by atoms with van der Waals surface area (Å²) in [5, 5.41) is 3.11. The monoisotopic (exact) mass is 340 g/mol. The van der Waals surface area contributed by atoms with E-state index in [0.29, 0.717) is 5.69 Å². The lowest BCUT2D eigenvalue weighted by Gasteiger charge is -2.18. The van der Waals surface area contributed by atoms with E-state index in [-0.39, 0.29) is 28.3 Å². The molecule has 2 rings (SSSR count). The quantitative estimate of drug-likeness (QED) is 0.635. The number of carbonyl (C=O) groups is 2. The highest BCUT2D eigenvalue weighted by atomic mass is 35.5. The Morgan fingerprint density at radius 3 is 2.61 bits per heavy atom. The number of nitrogen functional groups attached to an aromatic ring is 1. The number of halogens is 1. The fraction of sp³-hybridized carbons (Fsp3) is 0.500. The number of carbonyl (C=O) groups excluding carboxylic acids is 2. The second kappa shape index (κ2) is 7.55. The van der Waals surface area contributed by atoms with Crippen molar-refractivity contribution in [2.45, 2.75) is 44.8 Å². The summed E-state index contributed by atoms with van der Waals surface area (Å²) < 4.78 is 10.3. The molecule has 1 aliphatic rings. The molecule has 6 nitrogen and oxygen atoms in total. The van der Waals surface area contributed by atoms with Crippen LogP contribution in [-0.4, -0.2) is 31.1 Å². The molecule has 0 spiro atoms. The Morgan fingerprint density at radius 1 is 1.35 bits per heavy atom. The van der Waals surface area contributed by atoms with Gasteiger partial charge < -0.3 is 20.5 Å². The van der Waals surface area contributed by atoms with E-state index in [4.69, 9.17) is 26.8 Å². The van der Waals surface area contributed by atoms with Gasteiger partial charge in [0.2, 0.25) is 0 Å². The van der Waals surface area contributed by atoms with E-state index < -0.39 is 12.1 Å². The van der Waals surface area contributed by atoms with Gasteiger partial charge >= 0.3 is 5.97 Å². The normalized spacial score (nSPS) is 16.0. The molecular weight excluding hydrogens is 320 g/mol. The standard InChI is InChI=1S/C16H21ClN2O4/c1-9(15(20)19-10-5-3-4-6-10)23-16(21)11-7-12(17)13(18)8-14(11)22-2/h7-10H,3-6,18H2,1-2H3,(H,19,20)/t9-/m1/s1. The SMILES string of the molecule is COc1cc(N)c(Cl)cc1C(=O)O[C@H](C)C(=O)NC1CCCC1. The molecule has 0 unspecified atom stereocenters. The minimum absolute atomic E-state index is 0.132. The number of anilines is 1. The van der Waals surface area contributed by atoms with Gasteiger partial charge in [0.05, 0.1) is 17.8 Å². The van der Waals surface area contributed by atoms with E-state index in [1.165, 1.54) is 26.2 Å². The molecule has 0 radical (unpaired) electrons. The van der Waals surface area contributed by atoms with Crippen molar-refractivity contribution in [1.29, 1.82) is 0 Å².